The van der Waals surface area contributed by atoms with Gasteiger partial charge in [-0.05, 0) is 31.9 Å². The molecule has 2 aromatic rings. The van der Waals surface area contributed by atoms with Crippen molar-refractivity contribution in [2.45, 2.75) is 38.0 Å². The minimum atomic E-state index is -0.00393. The Labute approximate surface area is 141 Å². The third-order valence-electron chi connectivity index (χ3n) is 5.06. The summed E-state index contributed by atoms with van der Waals surface area (Å²) in [6.45, 7) is 3.89. The van der Waals surface area contributed by atoms with Gasteiger partial charge in [-0.3, -0.25) is 9.78 Å². The van der Waals surface area contributed by atoms with Gasteiger partial charge < -0.3 is 14.4 Å². The number of benzene rings is 1. The molecule has 24 heavy (non-hydrogen) atoms. The summed E-state index contributed by atoms with van der Waals surface area (Å²) in [7, 11) is 0. The predicted octanol–water partition coefficient (Wildman–Crippen LogP) is 2.64. The Bertz CT molecular complexity index is 743. The number of morpholine rings is 1. The van der Waals surface area contributed by atoms with Crippen LogP contribution >= 0.6 is 0 Å². The number of hydrogen-bond donors (Lipinski definition) is 0. The highest BCUT2D eigenvalue weighted by atomic mass is 16.5. The van der Waals surface area contributed by atoms with E-state index in [0.29, 0.717) is 19.8 Å². The number of aromatic nitrogens is 1. The van der Waals surface area contributed by atoms with Crippen LogP contribution in [0.4, 0.5) is 0 Å². The van der Waals surface area contributed by atoms with Gasteiger partial charge in [0, 0.05) is 24.7 Å². The molecule has 0 spiro atoms. The van der Waals surface area contributed by atoms with Crippen LogP contribution in [-0.4, -0.2) is 53.8 Å². The largest absolute Gasteiger partial charge is 0.376 e. The number of pyridine rings is 1. The van der Waals surface area contributed by atoms with E-state index in [-0.39, 0.29) is 24.2 Å². The Morgan fingerprint density at radius 1 is 1.33 bits per heavy atom. The van der Waals surface area contributed by atoms with Crippen molar-refractivity contribution >= 4 is 16.8 Å². The van der Waals surface area contributed by atoms with Gasteiger partial charge in [-0.15, -0.1) is 0 Å². The fourth-order valence-electron chi connectivity index (χ4n) is 4.00. The van der Waals surface area contributed by atoms with Crippen LogP contribution < -0.4 is 0 Å². The summed E-state index contributed by atoms with van der Waals surface area (Å²) in [4.78, 5) is 19.6. The minimum absolute atomic E-state index is 0.00393. The second kappa shape index (κ2) is 6.49. The molecule has 1 aliphatic carbocycles. The lowest BCUT2D eigenvalue weighted by Gasteiger charge is -2.39. The highest BCUT2D eigenvalue weighted by Gasteiger charge is 2.45. The molecule has 0 bridgehead atoms. The van der Waals surface area contributed by atoms with Crippen molar-refractivity contribution in [2.75, 3.05) is 19.8 Å². The van der Waals surface area contributed by atoms with E-state index < -0.39 is 0 Å². The Hall–Kier alpha value is -1.98. The molecule has 1 amide bonds. The van der Waals surface area contributed by atoms with Crippen LogP contribution in [0.15, 0.2) is 36.5 Å². The number of carbonyl (C=O) groups is 1. The van der Waals surface area contributed by atoms with Gasteiger partial charge in [0.15, 0.2) is 0 Å². The van der Waals surface area contributed by atoms with Crippen LogP contribution in [0, 0.1) is 0 Å². The molecule has 1 aliphatic heterocycles. The minimum Gasteiger partial charge on any atom is -0.376 e. The van der Waals surface area contributed by atoms with Crippen LogP contribution in [0.2, 0.25) is 0 Å². The van der Waals surface area contributed by atoms with E-state index in [1.54, 1.807) is 6.20 Å². The lowest BCUT2D eigenvalue weighted by Crippen LogP contribution is -2.53. The van der Waals surface area contributed by atoms with Gasteiger partial charge in [-0.1, -0.05) is 18.2 Å². The number of amides is 1. The first-order chi connectivity index (χ1) is 11.8. The third kappa shape index (κ3) is 2.58. The molecule has 5 heteroatoms. The second-order valence-electron chi connectivity index (χ2n) is 6.35. The van der Waals surface area contributed by atoms with Crippen molar-refractivity contribution < 1.29 is 14.3 Å². The molecule has 126 valence electrons. The Balaban J connectivity index is 1.64. The lowest BCUT2D eigenvalue weighted by atomic mass is 10.0. The average molecular weight is 326 g/mol. The summed E-state index contributed by atoms with van der Waals surface area (Å²) < 4.78 is 11.7. The lowest BCUT2D eigenvalue weighted by molar-refractivity contribution is -0.102. The molecular weight excluding hydrogens is 304 g/mol. The van der Waals surface area contributed by atoms with Gasteiger partial charge in [-0.2, -0.15) is 0 Å². The van der Waals surface area contributed by atoms with Gasteiger partial charge in [-0.25, -0.2) is 0 Å². The zero-order valence-electron chi connectivity index (χ0n) is 13.9. The van der Waals surface area contributed by atoms with Gasteiger partial charge in [0.1, 0.15) is 6.10 Å². The van der Waals surface area contributed by atoms with Crippen LogP contribution in [0.3, 0.4) is 0 Å². The van der Waals surface area contributed by atoms with E-state index in [2.05, 4.69) is 4.98 Å². The zero-order chi connectivity index (χ0) is 16.5. The van der Waals surface area contributed by atoms with E-state index >= 15 is 0 Å². The highest BCUT2D eigenvalue weighted by molar-refractivity contribution is 6.06. The summed E-state index contributed by atoms with van der Waals surface area (Å²) in [6, 6.07) is 9.72. The summed E-state index contributed by atoms with van der Waals surface area (Å²) in [5.41, 5.74) is 1.58. The number of hydrogen-bond acceptors (Lipinski definition) is 4. The van der Waals surface area contributed by atoms with Crippen molar-refractivity contribution in [1.82, 2.24) is 9.88 Å². The summed E-state index contributed by atoms with van der Waals surface area (Å²) >= 11 is 0. The van der Waals surface area contributed by atoms with Crippen molar-refractivity contribution in [3.8, 4) is 0 Å². The maximum absolute atomic E-state index is 13.2. The highest BCUT2D eigenvalue weighted by Crippen LogP contribution is 2.33. The van der Waals surface area contributed by atoms with E-state index in [1.165, 1.54) is 0 Å². The van der Waals surface area contributed by atoms with E-state index in [0.717, 1.165) is 29.3 Å². The predicted molar refractivity (Wildman–Crippen MR) is 91.0 cm³/mol. The number of fused-ring (bicyclic) bond motifs is 2. The Morgan fingerprint density at radius 3 is 3.08 bits per heavy atom. The van der Waals surface area contributed by atoms with Gasteiger partial charge in [0.05, 0.1) is 29.8 Å². The van der Waals surface area contributed by atoms with Crippen LogP contribution in [-0.2, 0) is 9.47 Å². The number of rotatable bonds is 3. The molecule has 4 rings (SSSR count). The molecule has 1 aromatic carbocycles. The summed E-state index contributed by atoms with van der Waals surface area (Å²) in [6.07, 6.45) is 3.69. The first-order valence-corrected chi connectivity index (χ1v) is 8.67. The smallest absolute Gasteiger partial charge is 0.255 e. The first-order valence-electron chi connectivity index (χ1n) is 8.67. The number of carbonyl (C=O) groups excluding carboxylic acids is 1. The zero-order valence-corrected chi connectivity index (χ0v) is 13.9. The van der Waals surface area contributed by atoms with E-state index in [1.807, 2.05) is 42.2 Å². The van der Waals surface area contributed by atoms with E-state index in [9.17, 15) is 4.79 Å². The molecular formula is C19H22N2O3. The molecule has 5 nitrogen and oxygen atoms in total. The Kier molecular flexibility index (Phi) is 4.21. The van der Waals surface area contributed by atoms with Crippen molar-refractivity contribution in [2.24, 2.45) is 0 Å². The van der Waals surface area contributed by atoms with E-state index in [4.69, 9.17) is 9.47 Å². The van der Waals surface area contributed by atoms with Crippen LogP contribution in [0.1, 0.15) is 30.1 Å². The SMILES string of the molecule is CCO[C@@H]1CC[C@H]2[C@H]1OCCN2C(=O)c1ccnc2ccccc12. The summed E-state index contributed by atoms with van der Waals surface area (Å²) in [5, 5.41) is 0.910. The quantitative estimate of drug-likeness (QED) is 0.870. The molecule has 2 fully saturated rings. The topological polar surface area (TPSA) is 51.7 Å². The molecule has 2 heterocycles. The van der Waals surface area contributed by atoms with Gasteiger partial charge in [0.2, 0.25) is 0 Å². The molecule has 1 aromatic heterocycles. The molecule has 0 unspecified atom stereocenters. The van der Waals surface area contributed by atoms with Gasteiger partial charge in [0.25, 0.3) is 5.91 Å². The second-order valence-corrected chi connectivity index (χ2v) is 6.35. The number of nitrogens with zero attached hydrogens (tertiary/aromatic N) is 2. The molecule has 1 saturated carbocycles. The molecule has 2 aliphatic rings. The number of ether oxygens (including phenoxy) is 2. The summed E-state index contributed by atoms with van der Waals surface area (Å²) in [5.74, 6) is 0.0732. The average Bonchev–Trinajstić information content (AvgIpc) is 3.04. The Morgan fingerprint density at radius 2 is 2.21 bits per heavy atom. The maximum Gasteiger partial charge on any atom is 0.255 e. The molecule has 1 saturated heterocycles. The normalized spacial score (nSPS) is 26.5. The molecule has 3 atom stereocenters. The maximum atomic E-state index is 13.2. The van der Waals surface area contributed by atoms with Crippen molar-refractivity contribution in [1.29, 1.82) is 0 Å². The number of para-hydroxylation sites is 1. The molecule has 0 radical (unpaired) electrons. The fourth-order valence-corrected chi connectivity index (χ4v) is 4.00. The third-order valence-corrected chi connectivity index (χ3v) is 5.06. The first kappa shape index (κ1) is 15.5. The standard InChI is InChI=1S/C19H22N2O3/c1-2-23-17-8-7-16-18(17)24-12-11-21(16)19(22)14-9-10-20-15-6-4-3-5-13(14)15/h3-6,9-10,16-18H,2,7-8,11-12H2,1H3/t16-,17+,18+/m0/s1. The van der Waals surface area contributed by atoms with Crippen molar-refractivity contribution in [3.05, 3.63) is 42.1 Å². The fraction of sp³-hybridized carbons (Fsp3) is 0.474. The van der Waals surface area contributed by atoms with Crippen LogP contribution in [0.5, 0.6) is 0 Å². The van der Waals surface area contributed by atoms with Crippen molar-refractivity contribution in [3.63, 3.8) is 0 Å². The molecule has 0 N–H and O–H groups in total. The van der Waals surface area contributed by atoms with Crippen LogP contribution in [0.25, 0.3) is 10.9 Å². The monoisotopic (exact) mass is 326 g/mol. The van der Waals surface area contributed by atoms with Gasteiger partial charge >= 0.3 is 0 Å².